The lowest BCUT2D eigenvalue weighted by Gasteiger charge is -2.28. The molecule has 0 spiro atoms. The Balaban J connectivity index is 0.00000210. The van der Waals surface area contributed by atoms with Gasteiger partial charge in [0.05, 0.1) is 5.69 Å². The molecule has 0 aromatic heterocycles. The molecule has 0 saturated carbocycles. The van der Waals surface area contributed by atoms with Crippen LogP contribution in [0.15, 0.2) is 115 Å². The molecule has 0 bridgehead atoms. The monoisotopic (exact) mass is 389 g/mol. The minimum absolute atomic E-state index is 0. The van der Waals surface area contributed by atoms with Gasteiger partial charge in [0, 0.05) is 0 Å². The molecule has 0 atom stereocenters. The van der Waals surface area contributed by atoms with Crippen molar-refractivity contribution in [2.75, 3.05) is 5.73 Å². The highest BCUT2D eigenvalue weighted by Crippen LogP contribution is 2.55. The van der Waals surface area contributed by atoms with Crippen LogP contribution in [0.25, 0.3) is 0 Å². The summed E-state index contributed by atoms with van der Waals surface area (Å²) in [5, 5.41) is 5.16. The number of rotatable bonds is 4. The van der Waals surface area contributed by atoms with Crippen LogP contribution in [0.2, 0.25) is 0 Å². The topological polar surface area (TPSA) is 26.0 Å². The van der Waals surface area contributed by atoms with Crippen LogP contribution in [-0.2, 0) is 0 Å². The summed E-state index contributed by atoms with van der Waals surface area (Å²) in [6.45, 7) is 0. The number of benzene rings is 4. The van der Waals surface area contributed by atoms with Crippen molar-refractivity contribution < 1.29 is 12.4 Å². The van der Waals surface area contributed by atoms with Gasteiger partial charge in [-0.3, -0.25) is 0 Å². The second-order valence-electron chi connectivity index (χ2n) is 6.24. The van der Waals surface area contributed by atoms with E-state index in [0.717, 1.165) is 5.69 Å². The normalized spacial score (nSPS) is 10.8. The summed E-state index contributed by atoms with van der Waals surface area (Å²) in [7, 11) is -2.07. The second kappa shape index (κ2) is 8.39. The molecule has 0 aliphatic heterocycles. The molecule has 4 aromatic rings. The lowest BCUT2D eigenvalue weighted by molar-refractivity contribution is -0.00000497. The van der Waals surface area contributed by atoms with E-state index in [1.807, 2.05) is 12.1 Å². The third kappa shape index (κ3) is 3.37. The third-order valence-corrected chi connectivity index (χ3v) is 9.08. The fraction of sp³-hybridized carbons (Fsp3) is 0. The molecular weight excluding hydrogens is 369 g/mol. The van der Waals surface area contributed by atoms with E-state index in [-0.39, 0.29) is 12.4 Å². The molecular formula is C24H21ClNP. The molecule has 0 aliphatic carbocycles. The number of nitrogen functional groups attached to an aromatic ring is 1. The Morgan fingerprint density at radius 3 is 1.15 bits per heavy atom. The van der Waals surface area contributed by atoms with Crippen LogP contribution in [0.5, 0.6) is 0 Å². The summed E-state index contributed by atoms with van der Waals surface area (Å²) in [6.07, 6.45) is 0. The van der Waals surface area contributed by atoms with Crippen molar-refractivity contribution in [1.29, 1.82) is 0 Å². The Bertz CT molecular complexity index is 892. The van der Waals surface area contributed by atoms with Crippen molar-refractivity contribution in [2.45, 2.75) is 0 Å². The average molecular weight is 390 g/mol. The zero-order chi connectivity index (χ0) is 17.8. The first kappa shape index (κ1) is 19.2. The van der Waals surface area contributed by atoms with Gasteiger partial charge in [-0.25, -0.2) is 0 Å². The fourth-order valence-electron chi connectivity index (χ4n) is 3.61. The van der Waals surface area contributed by atoms with E-state index >= 15 is 0 Å². The third-order valence-electron chi connectivity index (χ3n) is 4.73. The van der Waals surface area contributed by atoms with E-state index in [2.05, 4.69) is 103 Å². The maximum Gasteiger partial charge on any atom is 0.146 e. The van der Waals surface area contributed by atoms with E-state index in [1.54, 1.807) is 0 Å². The first-order chi connectivity index (χ1) is 12.8. The van der Waals surface area contributed by atoms with Gasteiger partial charge in [0.15, 0.2) is 0 Å². The van der Waals surface area contributed by atoms with Gasteiger partial charge in [0.25, 0.3) is 0 Å². The number of anilines is 1. The quantitative estimate of drug-likeness (QED) is 0.407. The van der Waals surface area contributed by atoms with Gasteiger partial charge in [0.1, 0.15) is 28.5 Å². The zero-order valence-corrected chi connectivity index (χ0v) is 16.5. The van der Waals surface area contributed by atoms with E-state index in [1.165, 1.54) is 21.2 Å². The van der Waals surface area contributed by atoms with Gasteiger partial charge >= 0.3 is 0 Å². The molecule has 0 aliphatic rings. The minimum Gasteiger partial charge on any atom is -1.00 e. The van der Waals surface area contributed by atoms with Crippen LogP contribution in [0.3, 0.4) is 0 Å². The van der Waals surface area contributed by atoms with Crippen molar-refractivity contribution in [3.05, 3.63) is 115 Å². The Morgan fingerprint density at radius 1 is 0.444 bits per heavy atom. The van der Waals surface area contributed by atoms with E-state index < -0.39 is 7.26 Å². The van der Waals surface area contributed by atoms with Gasteiger partial charge in [-0.15, -0.1) is 0 Å². The van der Waals surface area contributed by atoms with Crippen LogP contribution in [0.1, 0.15) is 0 Å². The largest absolute Gasteiger partial charge is 1.00 e. The lowest BCUT2D eigenvalue weighted by Crippen LogP contribution is -3.00. The van der Waals surface area contributed by atoms with Crippen molar-refractivity contribution in [1.82, 2.24) is 0 Å². The molecule has 2 N–H and O–H groups in total. The van der Waals surface area contributed by atoms with Crippen molar-refractivity contribution >= 4 is 34.2 Å². The molecule has 0 saturated heterocycles. The Hall–Kier alpha value is -2.60. The minimum atomic E-state index is -2.07. The van der Waals surface area contributed by atoms with Crippen molar-refractivity contribution in [2.24, 2.45) is 0 Å². The highest BCUT2D eigenvalue weighted by molar-refractivity contribution is 8.01. The fourth-order valence-corrected chi connectivity index (χ4v) is 7.97. The number of nitrogens with two attached hydrogens (primary N) is 1. The van der Waals surface area contributed by atoms with Crippen LogP contribution in [0, 0.1) is 0 Å². The summed E-state index contributed by atoms with van der Waals surface area (Å²) in [5.74, 6) is 0. The molecule has 1 nitrogen and oxygen atoms in total. The Morgan fingerprint density at radius 2 is 0.778 bits per heavy atom. The highest BCUT2D eigenvalue weighted by atomic mass is 35.5. The molecule has 27 heavy (non-hydrogen) atoms. The molecule has 0 radical (unpaired) electrons. The molecule has 4 rings (SSSR count). The zero-order valence-electron chi connectivity index (χ0n) is 14.9. The van der Waals surface area contributed by atoms with Gasteiger partial charge in [-0.1, -0.05) is 66.7 Å². The number of para-hydroxylation sites is 1. The summed E-state index contributed by atoms with van der Waals surface area (Å²) < 4.78 is 0. The van der Waals surface area contributed by atoms with Gasteiger partial charge in [0.2, 0.25) is 0 Å². The molecule has 3 heteroatoms. The van der Waals surface area contributed by atoms with Crippen LogP contribution < -0.4 is 39.4 Å². The van der Waals surface area contributed by atoms with Crippen LogP contribution >= 0.6 is 7.26 Å². The summed E-state index contributed by atoms with van der Waals surface area (Å²) >= 11 is 0. The number of halogens is 1. The van der Waals surface area contributed by atoms with E-state index in [4.69, 9.17) is 5.73 Å². The van der Waals surface area contributed by atoms with E-state index in [9.17, 15) is 0 Å². The predicted molar refractivity (Wildman–Crippen MR) is 116 cm³/mol. The lowest BCUT2D eigenvalue weighted by atomic mass is 10.3. The maximum absolute atomic E-state index is 6.55. The first-order valence-electron chi connectivity index (χ1n) is 8.74. The molecule has 134 valence electrons. The number of hydrogen-bond donors (Lipinski definition) is 1. The summed E-state index contributed by atoms with van der Waals surface area (Å²) in [4.78, 5) is 0. The molecule has 0 unspecified atom stereocenters. The maximum atomic E-state index is 6.55. The molecule has 0 amide bonds. The Labute approximate surface area is 167 Å². The number of hydrogen-bond acceptors (Lipinski definition) is 1. The SMILES string of the molecule is Nc1ccccc1[P+](c1ccccc1)(c1ccccc1)c1ccccc1.[Cl-]. The van der Waals surface area contributed by atoms with Gasteiger partial charge < -0.3 is 18.1 Å². The summed E-state index contributed by atoms with van der Waals surface area (Å²) in [5.41, 5.74) is 7.39. The Kier molecular flexibility index (Phi) is 5.96. The van der Waals surface area contributed by atoms with E-state index in [0.29, 0.717) is 0 Å². The molecule has 4 aromatic carbocycles. The first-order valence-corrected chi connectivity index (χ1v) is 10.5. The smallest absolute Gasteiger partial charge is 0.146 e. The second-order valence-corrected chi connectivity index (χ2v) is 9.61. The van der Waals surface area contributed by atoms with Crippen LogP contribution in [-0.4, -0.2) is 0 Å². The highest BCUT2D eigenvalue weighted by Gasteiger charge is 2.48. The molecule has 0 heterocycles. The summed E-state index contributed by atoms with van der Waals surface area (Å²) in [6, 6.07) is 40.7. The van der Waals surface area contributed by atoms with Crippen LogP contribution in [0.4, 0.5) is 5.69 Å². The molecule has 0 fully saturated rings. The van der Waals surface area contributed by atoms with Crippen molar-refractivity contribution in [3.63, 3.8) is 0 Å². The average Bonchev–Trinajstić information content (AvgIpc) is 2.72. The predicted octanol–water partition coefficient (Wildman–Crippen LogP) is 0.892. The standard InChI is InChI=1S/C24H21NP.ClH/c25-23-18-10-11-19-24(23)26(20-12-4-1-5-13-20,21-14-6-2-7-15-21)22-16-8-3-9-17-22;/h1-19H,25H2;1H/q+1;/p-1. The van der Waals surface area contributed by atoms with Gasteiger partial charge in [-0.05, 0) is 48.5 Å². The van der Waals surface area contributed by atoms with Crippen molar-refractivity contribution in [3.8, 4) is 0 Å². The van der Waals surface area contributed by atoms with Gasteiger partial charge in [-0.2, -0.15) is 0 Å².